The Hall–Kier alpha value is -2.01. The number of nitrogens with one attached hydrogen (secondary N) is 1. The van der Waals surface area contributed by atoms with Gasteiger partial charge in [0.15, 0.2) is 5.82 Å². The van der Waals surface area contributed by atoms with Crippen molar-refractivity contribution in [2.75, 3.05) is 5.32 Å². The molecule has 0 aliphatic rings. The van der Waals surface area contributed by atoms with E-state index < -0.39 is 0 Å². The molecular weight excluding hydrogens is 220 g/mol. The van der Waals surface area contributed by atoms with E-state index in [1.165, 1.54) is 0 Å². The summed E-state index contributed by atoms with van der Waals surface area (Å²) in [5.74, 6) is 0.839. The van der Waals surface area contributed by atoms with Crippen LogP contribution in [0.15, 0.2) is 42.3 Å². The normalized spacial score (nSPS) is 10.5. The van der Waals surface area contributed by atoms with E-state index in [0.717, 1.165) is 21.7 Å². The van der Waals surface area contributed by atoms with Crippen LogP contribution in [0.2, 0.25) is 0 Å². The Morgan fingerprint density at radius 1 is 1.06 bits per heavy atom. The SMILES string of the molecule is c1cc(Nc2ncnc3ccsc23)ccn1. The third-order valence-electron chi connectivity index (χ3n) is 2.19. The fraction of sp³-hybridized carbons (Fsp3) is 0. The third-order valence-corrected chi connectivity index (χ3v) is 3.10. The first-order valence-electron chi connectivity index (χ1n) is 4.79. The maximum Gasteiger partial charge on any atom is 0.151 e. The minimum Gasteiger partial charge on any atom is -0.339 e. The van der Waals surface area contributed by atoms with Crippen LogP contribution in [-0.2, 0) is 0 Å². The van der Waals surface area contributed by atoms with Crippen LogP contribution < -0.4 is 5.32 Å². The summed E-state index contributed by atoms with van der Waals surface area (Å²) >= 11 is 1.63. The highest BCUT2D eigenvalue weighted by atomic mass is 32.1. The fourth-order valence-corrected chi connectivity index (χ4v) is 2.24. The molecule has 0 bridgehead atoms. The van der Waals surface area contributed by atoms with Gasteiger partial charge in [-0.25, -0.2) is 9.97 Å². The lowest BCUT2D eigenvalue weighted by atomic mass is 10.4. The Labute approximate surface area is 96.0 Å². The average Bonchev–Trinajstić information content (AvgIpc) is 2.80. The minimum absolute atomic E-state index is 0.839. The Morgan fingerprint density at radius 2 is 1.94 bits per heavy atom. The van der Waals surface area contributed by atoms with Crippen molar-refractivity contribution in [3.63, 3.8) is 0 Å². The van der Waals surface area contributed by atoms with E-state index in [4.69, 9.17) is 0 Å². The second kappa shape index (κ2) is 3.86. The van der Waals surface area contributed by atoms with Crippen LogP contribution in [0.4, 0.5) is 11.5 Å². The zero-order chi connectivity index (χ0) is 10.8. The first-order valence-corrected chi connectivity index (χ1v) is 5.67. The number of anilines is 2. The van der Waals surface area contributed by atoms with Gasteiger partial charge in [-0.15, -0.1) is 11.3 Å². The fourth-order valence-electron chi connectivity index (χ4n) is 1.45. The lowest BCUT2D eigenvalue weighted by molar-refractivity contribution is 1.22. The van der Waals surface area contributed by atoms with Crippen molar-refractivity contribution in [3.8, 4) is 0 Å². The summed E-state index contributed by atoms with van der Waals surface area (Å²) in [6, 6.07) is 5.79. The number of rotatable bonds is 2. The largest absolute Gasteiger partial charge is 0.339 e. The van der Waals surface area contributed by atoms with Crippen molar-refractivity contribution < 1.29 is 0 Å². The monoisotopic (exact) mass is 228 g/mol. The zero-order valence-corrected chi connectivity index (χ0v) is 9.11. The second-order valence-electron chi connectivity index (χ2n) is 3.22. The van der Waals surface area contributed by atoms with Crippen molar-refractivity contribution in [1.29, 1.82) is 0 Å². The molecule has 0 fully saturated rings. The molecule has 0 saturated heterocycles. The van der Waals surface area contributed by atoms with Crippen LogP contribution in [-0.4, -0.2) is 15.0 Å². The minimum atomic E-state index is 0.839. The van der Waals surface area contributed by atoms with Gasteiger partial charge in [-0.3, -0.25) is 4.98 Å². The third kappa shape index (κ3) is 1.61. The number of thiophene rings is 1. The van der Waals surface area contributed by atoms with Crippen LogP contribution in [0.1, 0.15) is 0 Å². The van der Waals surface area contributed by atoms with Gasteiger partial charge in [-0.2, -0.15) is 0 Å². The number of aromatic nitrogens is 3. The Kier molecular flexibility index (Phi) is 2.23. The number of pyridine rings is 1. The first-order chi connectivity index (χ1) is 7.93. The molecule has 3 aromatic rings. The van der Waals surface area contributed by atoms with Gasteiger partial charge >= 0.3 is 0 Å². The average molecular weight is 228 g/mol. The molecule has 3 aromatic heterocycles. The molecule has 0 radical (unpaired) electrons. The number of fused-ring (bicyclic) bond motifs is 1. The highest BCUT2D eigenvalue weighted by Gasteiger charge is 2.04. The summed E-state index contributed by atoms with van der Waals surface area (Å²) in [6.07, 6.45) is 5.06. The van der Waals surface area contributed by atoms with Gasteiger partial charge in [0.1, 0.15) is 6.33 Å². The van der Waals surface area contributed by atoms with Crippen molar-refractivity contribution in [1.82, 2.24) is 15.0 Å². The summed E-state index contributed by atoms with van der Waals surface area (Å²) in [6.45, 7) is 0. The molecule has 0 spiro atoms. The standard InChI is InChI=1S/C11H8N4S/c1-4-12-5-2-8(1)15-11-10-9(3-6-16-10)13-7-14-11/h1-7H,(H,12,13,14,15). The van der Waals surface area contributed by atoms with E-state index in [2.05, 4.69) is 20.3 Å². The van der Waals surface area contributed by atoms with E-state index in [9.17, 15) is 0 Å². The highest BCUT2D eigenvalue weighted by Crippen LogP contribution is 2.26. The number of hydrogen-bond acceptors (Lipinski definition) is 5. The highest BCUT2D eigenvalue weighted by molar-refractivity contribution is 7.17. The summed E-state index contributed by atoms with van der Waals surface area (Å²) < 4.78 is 1.07. The van der Waals surface area contributed by atoms with E-state index in [-0.39, 0.29) is 0 Å². The van der Waals surface area contributed by atoms with Gasteiger partial charge in [0, 0.05) is 18.1 Å². The van der Waals surface area contributed by atoms with Gasteiger partial charge in [-0.05, 0) is 23.6 Å². The van der Waals surface area contributed by atoms with Crippen LogP contribution >= 0.6 is 11.3 Å². The first kappa shape index (κ1) is 9.23. The molecule has 0 amide bonds. The summed E-state index contributed by atoms with van der Waals surface area (Å²) in [5, 5.41) is 5.26. The summed E-state index contributed by atoms with van der Waals surface area (Å²) in [4.78, 5) is 12.4. The topological polar surface area (TPSA) is 50.7 Å². The Morgan fingerprint density at radius 3 is 2.81 bits per heavy atom. The van der Waals surface area contributed by atoms with E-state index >= 15 is 0 Å². The zero-order valence-electron chi connectivity index (χ0n) is 8.29. The molecule has 0 aliphatic carbocycles. The van der Waals surface area contributed by atoms with E-state index in [1.54, 1.807) is 30.1 Å². The molecule has 3 heterocycles. The molecule has 0 aromatic carbocycles. The molecule has 78 valence electrons. The number of nitrogens with zero attached hydrogens (tertiary/aromatic N) is 3. The van der Waals surface area contributed by atoms with Crippen molar-refractivity contribution in [2.24, 2.45) is 0 Å². The molecule has 16 heavy (non-hydrogen) atoms. The van der Waals surface area contributed by atoms with Gasteiger partial charge in [-0.1, -0.05) is 0 Å². The van der Waals surface area contributed by atoms with Crippen molar-refractivity contribution >= 4 is 33.1 Å². The maximum atomic E-state index is 4.24. The van der Waals surface area contributed by atoms with Crippen molar-refractivity contribution in [3.05, 3.63) is 42.3 Å². The van der Waals surface area contributed by atoms with Gasteiger partial charge in [0.2, 0.25) is 0 Å². The molecule has 5 heteroatoms. The molecular formula is C11H8N4S. The van der Waals surface area contributed by atoms with Crippen LogP contribution in [0, 0.1) is 0 Å². The van der Waals surface area contributed by atoms with Gasteiger partial charge < -0.3 is 5.32 Å². The molecule has 3 rings (SSSR count). The second-order valence-corrected chi connectivity index (χ2v) is 4.13. The molecule has 0 atom stereocenters. The van der Waals surface area contributed by atoms with Crippen LogP contribution in [0.3, 0.4) is 0 Å². The molecule has 0 aliphatic heterocycles. The Balaban J connectivity index is 2.04. The molecule has 0 saturated carbocycles. The smallest absolute Gasteiger partial charge is 0.151 e. The molecule has 1 N–H and O–H groups in total. The summed E-state index contributed by atoms with van der Waals surface area (Å²) in [7, 11) is 0. The van der Waals surface area contributed by atoms with Gasteiger partial charge in [0.25, 0.3) is 0 Å². The quantitative estimate of drug-likeness (QED) is 0.732. The Bertz CT molecular complexity index is 605. The lowest BCUT2D eigenvalue weighted by Gasteiger charge is -2.04. The van der Waals surface area contributed by atoms with Crippen molar-refractivity contribution in [2.45, 2.75) is 0 Å². The predicted molar refractivity (Wildman–Crippen MR) is 64.9 cm³/mol. The van der Waals surface area contributed by atoms with E-state index in [0.29, 0.717) is 0 Å². The number of hydrogen-bond donors (Lipinski definition) is 1. The summed E-state index contributed by atoms with van der Waals surface area (Å²) in [5.41, 5.74) is 1.94. The maximum absolute atomic E-state index is 4.24. The van der Waals surface area contributed by atoms with Gasteiger partial charge in [0.05, 0.1) is 10.2 Å². The van der Waals surface area contributed by atoms with Crippen LogP contribution in [0.25, 0.3) is 10.2 Å². The van der Waals surface area contributed by atoms with E-state index in [1.807, 2.05) is 23.6 Å². The predicted octanol–water partition coefficient (Wildman–Crippen LogP) is 2.83. The molecule has 0 unspecified atom stereocenters. The van der Waals surface area contributed by atoms with Crippen LogP contribution in [0.5, 0.6) is 0 Å². The lowest BCUT2D eigenvalue weighted by Crippen LogP contribution is -1.94. The molecule has 4 nitrogen and oxygen atoms in total.